The molecule has 6 nitrogen and oxygen atoms in total. The molecular weight excluding hydrogens is 302 g/mol. The molecule has 1 amide bonds. The molecule has 1 aromatic carbocycles. The van der Waals surface area contributed by atoms with Crippen LogP contribution < -0.4 is 0 Å². The maximum Gasteiger partial charge on any atom is 0.274 e. The molecule has 2 aromatic heterocycles. The van der Waals surface area contributed by atoms with E-state index < -0.39 is 0 Å². The first-order valence-corrected chi connectivity index (χ1v) is 8.22. The Morgan fingerprint density at radius 3 is 2.83 bits per heavy atom. The first kappa shape index (κ1) is 14.8. The summed E-state index contributed by atoms with van der Waals surface area (Å²) in [5, 5.41) is 4.40. The molecular formula is C18H19N5O. The average molecular weight is 321 g/mol. The van der Waals surface area contributed by atoms with Gasteiger partial charge in [-0.05, 0) is 37.5 Å². The highest BCUT2D eigenvalue weighted by Crippen LogP contribution is 2.22. The zero-order valence-corrected chi connectivity index (χ0v) is 13.6. The van der Waals surface area contributed by atoms with E-state index in [0.29, 0.717) is 12.2 Å². The van der Waals surface area contributed by atoms with Gasteiger partial charge >= 0.3 is 0 Å². The zero-order chi connectivity index (χ0) is 16.5. The fraction of sp³-hybridized carbons (Fsp3) is 0.333. The van der Waals surface area contributed by atoms with Gasteiger partial charge in [0.1, 0.15) is 5.69 Å². The number of carbonyl (C=O) groups excluding carboxylic acids is 1. The Morgan fingerprint density at radius 2 is 2.04 bits per heavy atom. The van der Waals surface area contributed by atoms with Crippen molar-refractivity contribution < 1.29 is 4.79 Å². The summed E-state index contributed by atoms with van der Waals surface area (Å²) in [7, 11) is 0. The lowest BCUT2D eigenvalue weighted by atomic mass is 10.1. The molecule has 0 N–H and O–H groups in total. The molecule has 4 rings (SSSR count). The molecule has 24 heavy (non-hydrogen) atoms. The van der Waals surface area contributed by atoms with Crippen LogP contribution in [0.3, 0.4) is 0 Å². The number of carbonyl (C=O) groups is 1. The van der Waals surface area contributed by atoms with Crippen LogP contribution >= 0.6 is 0 Å². The Balaban J connectivity index is 1.56. The van der Waals surface area contributed by atoms with E-state index in [2.05, 4.69) is 15.1 Å². The van der Waals surface area contributed by atoms with Crippen LogP contribution in [0.25, 0.3) is 11.0 Å². The predicted octanol–water partition coefficient (Wildman–Crippen LogP) is 2.61. The molecule has 122 valence electrons. The number of amides is 1. The maximum atomic E-state index is 12.8. The van der Waals surface area contributed by atoms with Crippen molar-refractivity contribution in [2.45, 2.75) is 25.8 Å². The minimum atomic E-state index is -0.0539. The topological polar surface area (TPSA) is 63.9 Å². The predicted molar refractivity (Wildman–Crippen MR) is 90.7 cm³/mol. The Labute approximate surface area is 140 Å². The Hall–Kier alpha value is -2.76. The van der Waals surface area contributed by atoms with E-state index in [4.69, 9.17) is 0 Å². The average Bonchev–Trinajstić information content (AvgIpc) is 3.07. The smallest absolute Gasteiger partial charge is 0.274 e. The summed E-state index contributed by atoms with van der Waals surface area (Å²) in [5.74, 6) is -0.0539. The summed E-state index contributed by atoms with van der Waals surface area (Å²) in [6.45, 7) is 3.44. The second-order valence-corrected chi connectivity index (χ2v) is 6.29. The molecule has 1 atom stereocenters. The van der Waals surface area contributed by atoms with Gasteiger partial charge in [-0.2, -0.15) is 5.10 Å². The highest BCUT2D eigenvalue weighted by atomic mass is 16.2. The van der Waals surface area contributed by atoms with Crippen molar-refractivity contribution in [3.63, 3.8) is 0 Å². The van der Waals surface area contributed by atoms with E-state index in [0.717, 1.165) is 36.0 Å². The largest absolute Gasteiger partial charge is 0.335 e. The van der Waals surface area contributed by atoms with Crippen LogP contribution in [-0.4, -0.2) is 43.6 Å². The van der Waals surface area contributed by atoms with Crippen molar-refractivity contribution in [1.82, 2.24) is 24.6 Å². The molecule has 1 aliphatic heterocycles. The van der Waals surface area contributed by atoms with Crippen molar-refractivity contribution in [2.24, 2.45) is 0 Å². The summed E-state index contributed by atoms with van der Waals surface area (Å²) >= 11 is 0. The molecule has 0 bridgehead atoms. The van der Waals surface area contributed by atoms with E-state index in [1.807, 2.05) is 53.2 Å². The standard InChI is InChI=1S/C18H19N5O/c1-13-9-20-23(11-13)14-5-4-8-22(12-14)18(24)17-10-19-15-6-2-3-7-16(15)21-17/h2-3,6-7,9-11,14H,4-5,8,12H2,1H3/t14-/m0/s1. The van der Waals surface area contributed by atoms with Gasteiger partial charge in [0, 0.05) is 19.3 Å². The van der Waals surface area contributed by atoms with Gasteiger partial charge in [0.05, 0.1) is 29.5 Å². The summed E-state index contributed by atoms with van der Waals surface area (Å²) in [6.07, 6.45) is 7.47. The molecule has 1 fully saturated rings. The van der Waals surface area contributed by atoms with Gasteiger partial charge in [-0.25, -0.2) is 4.98 Å². The van der Waals surface area contributed by atoms with Gasteiger partial charge in [-0.15, -0.1) is 0 Å². The quantitative estimate of drug-likeness (QED) is 0.728. The number of aromatic nitrogens is 4. The Morgan fingerprint density at radius 1 is 1.21 bits per heavy atom. The number of hydrogen-bond donors (Lipinski definition) is 0. The van der Waals surface area contributed by atoms with Crippen LogP contribution in [0.1, 0.15) is 34.9 Å². The van der Waals surface area contributed by atoms with Gasteiger partial charge in [0.15, 0.2) is 0 Å². The molecule has 3 heterocycles. The van der Waals surface area contributed by atoms with Gasteiger partial charge in [-0.1, -0.05) is 12.1 Å². The third kappa shape index (κ3) is 2.75. The summed E-state index contributed by atoms with van der Waals surface area (Å²) in [6, 6.07) is 7.82. The first-order valence-electron chi connectivity index (χ1n) is 8.22. The first-order chi connectivity index (χ1) is 11.7. The molecule has 6 heteroatoms. The number of benzene rings is 1. The van der Waals surface area contributed by atoms with E-state index in [1.165, 1.54) is 0 Å². The van der Waals surface area contributed by atoms with Crippen molar-refractivity contribution in [3.05, 3.63) is 54.1 Å². The summed E-state index contributed by atoms with van der Waals surface area (Å²) < 4.78 is 1.97. The minimum Gasteiger partial charge on any atom is -0.335 e. The molecule has 0 unspecified atom stereocenters. The molecule has 0 aliphatic carbocycles. The van der Waals surface area contributed by atoms with Crippen molar-refractivity contribution in [1.29, 1.82) is 0 Å². The van der Waals surface area contributed by atoms with E-state index in [-0.39, 0.29) is 11.9 Å². The number of nitrogens with zero attached hydrogens (tertiary/aromatic N) is 5. The highest BCUT2D eigenvalue weighted by Gasteiger charge is 2.26. The van der Waals surface area contributed by atoms with Crippen LogP contribution in [0, 0.1) is 6.92 Å². The van der Waals surface area contributed by atoms with Crippen LogP contribution in [0.2, 0.25) is 0 Å². The van der Waals surface area contributed by atoms with Crippen LogP contribution in [0.4, 0.5) is 0 Å². The number of hydrogen-bond acceptors (Lipinski definition) is 4. The van der Waals surface area contributed by atoms with Crippen molar-refractivity contribution in [3.8, 4) is 0 Å². The fourth-order valence-electron chi connectivity index (χ4n) is 3.21. The highest BCUT2D eigenvalue weighted by molar-refractivity contribution is 5.93. The number of para-hydroxylation sites is 2. The molecule has 1 saturated heterocycles. The monoisotopic (exact) mass is 321 g/mol. The van der Waals surface area contributed by atoms with Crippen LogP contribution in [0.15, 0.2) is 42.9 Å². The lowest BCUT2D eigenvalue weighted by molar-refractivity contribution is 0.0667. The van der Waals surface area contributed by atoms with Gasteiger partial charge in [0.2, 0.25) is 0 Å². The number of fused-ring (bicyclic) bond motifs is 1. The third-order valence-electron chi connectivity index (χ3n) is 4.46. The second kappa shape index (κ2) is 6.03. The summed E-state index contributed by atoms with van der Waals surface area (Å²) in [4.78, 5) is 23.5. The van der Waals surface area contributed by atoms with Crippen molar-refractivity contribution >= 4 is 16.9 Å². The zero-order valence-electron chi connectivity index (χ0n) is 13.6. The van der Waals surface area contributed by atoms with Gasteiger partial charge < -0.3 is 4.90 Å². The molecule has 0 saturated carbocycles. The van der Waals surface area contributed by atoms with E-state index >= 15 is 0 Å². The number of rotatable bonds is 2. The number of likely N-dealkylation sites (tertiary alicyclic amines) is 1. The SMILES string of the molecule is Cc1cnn([C@H]2CCCN(C(=O)c3cnc4ccccc4n3)C2)c1. The molecule has 1 aliphatic rings. The van der Waals surface area contributed by atoms with E-state index in [9.17, 15) is 4.79 Å². The van der Waals surface area contributed by atoms with Crippen LogP contribution in [0.5, 0.6) is 0 Å². The third-order valence-corrected chi connectivity index (χ3v) is 4.46. The Bertz CT molecular complexity index is 888. The van der Waals surface area contributed by atoms with Crippen molar-refractivity contribution in [2.75, 3.05) is 13.1 Å². The number of aryl methyl sites for hydroxylation is 1. The second-order valence-electron chi connectivity index (χ2n) is 6.29. The Kier molecular flexibility index (Phi) is 3.72. The molecule has 0 radical (unpaired) electrons. The fourth-order valence-corrected chi connectivity index (χ4v) is 3.21. The normalized spacial score (nSPS) is 18.0. The lowest BCUT2D eigenvalue weighted by Crippen LogP contribution is -2.41. The lowest BCUT2D eigenvalue weighted by Gasteiger charge is -2.32. The molecule has 0 spiro atoms. The van der Waals surface area contributed by atoms with E-state index in [1.54, 1.807) is 6.20 Å². The van der Waals surface area contributed by atoms with Gasteiger partial charge in [-0.3, -0.25) is 14.5 Å². The maximum absolute atomic E-state index is 12.8. The summed E-state index contributed by atoms with van der Waals surface area (Å²) in [5.41, 5.74) is 3.10. The van der Waals surface area contributed by atoms with Gasteiger partial charge in [0.25, 0.3) is 5.91 Å². The molecule has 3 aromatic rings. The number of piperidine rings is 1. The van der Waals surface area contributed by atoms with Crippen LogP contribution in [-0.2, 0) is 0 Å². The minimum absolute atomic E-state index is 0.0539.